The Hall–Kier alpha value is -4.50. The lowest BCUT2D eigenvalue weighted by Crippen LogP contribution is -2.47. The first-order valence-electron chi connectivity index (χ1n) is 12.5. The number of aliphatic carboxylic acids is 1. The third-order valence-electron chi connectivity index (χ3n) is 6.82. The van der Waals surface area contributed by atoms with E-state index in [1.54, 1.807) is 23.0 Å². The standard InChI is InChI=1S/C25H25FN8O5S/c1-14-4-11-38-19(14)21-28-23-20-22(29-24(27)34(23)30-21)33(25(37)40-20)10-7-31-5-8-32(9-6-31)17-3-2-15(12-16(17)26)39-13-18(35)36/h2-4,11-12H,5-10,13H2,1H3,(H2,27,29)(H,35,36). The minimum Gasteiger partial charge on any atom is -0.482 e. The van der Waals surface area contributed by atoms with Gasteiger partial charge in [0, 0.05) is 45.3 Å². The molecular formula is C25H25FN8O5S. The number of rotatable bonds is 8. The molecule has 13 nitrogen and oxygen atoms in total. The number of benzene rings is 1. The molecule has 0 spiro atoms. The zero-order valence-corrected chi connectivity index (χ0v) is 22.2. The molecule has 0 atom stereocenters. The number of carboxylic acid groups (broad SMARTS) is 1. The summed E-state index contributed by atoms with van der Waals surface area (Å²) in [6.45, 7) is 4.88. The van der Waals surface area contributed by atoms with E-state index in [0.717, 1.165) is 16.9 Å². The van der Waals surface area contributed by atoms with Crippen molar-refractivity contribution in [1.82, 2.24) is 29.0 Å². The van der Waals surface area contributed by atoms with E-state index < -0.39 is 18.4 Å². The van der Waals surface area contributed by atoms with E-state index in [9.17, 15) is 14.0 Å². The molecule has 4 aromatic heterocycles. The van der Waals surface area contributed by atoms with Gasteiger partial charge in [-0.1, -0.05) is 11.3 Å². The van der Waals surface area contributed by atoms with Crippen LogP contribution in [0.5, 0.6) is 5.75 Å². The second-order valence-corrected chi connectivity index (χ2v) is 10.3. The molecule has 40 heavy (non-hydrogen) atoms. The van der Waals surface area contributed by atoms with Crippen LogP contribution >= 0.6 is 11.3 Å². The van der Waals surface area contributed by atoms with Gasteiger partial charge in [0.05, 0.1) is 12.0 Å². The third-order valence-corrected chi connectivity index (χ3v) is 7.78. The summed E-state index contributed by atoms with van der Waals surface area (Å²) in [6, 6.07) is 6.17. The van der Waals surface area contributed by atoms with Crippen molar-refractivity contribution in [2.45, 2.75) is 13.5 Å². The summed E-state index contributed by atoms with van der Waals surface area (Å²) in [4.78, 5) is 36.6. The maximum atomic E-state index is 14.7. The molecule has 0 aliphatic carbocycles. The predicted octanol–water partition coefficient (Wildman–Crippen LogP) is 2.08. The number of aryl methyl sites for hydroxylation is 1. The van der Waals surface area contributed by atoms with Crippen molar-refractivity contribution >= 4 is 44.9 Å². The van der Waals surface area contributed by atoms with Crippen molar-refractivity contribution < 1.29 is 23.4 Å². The number of anilines is 2. The Kier molecular flexibility index (Phi) is 6.59. The number of aromatic nitrogens is 5. The molecule has 1 aliphatic rings. The normalized spacial score (nSPS) is 14.4. The van der Waals surface area contributed by atoms with Crippen LogP contribution in [0.15, 0.2) is 39.7 Å². The second-order valence-electron chi connectivity index (χ2n) is 9.37. The Morgan fingerprint density at radius 1 is 1.18 bits per heavy atom. The summed E-state index contributed by atoms with van der Waals surface area (Å²) in [5, 5.41) is 13.2. The van der Waals surface area contributed by atoms with Crippen LogP contribution in [-0.4, -0.2) is 79.5 Å². The van der Waals surface area contributed by atoms with Crippen LogP contribution in [0.2, 0.25) is 0 Å². The number of carbonyl (C=O) groups is 1. The Bertz CT molecular complexity index is 1790. The van der Waals surface area contributed by atoms with Gasteiger partial charge in [-0.3, -0.25) is 14.3 Å². The fourth-order valence-electron chi connectivity index (χ4n) is 4.76. The van der Waals surface area contributed by atoms with Crippen LogP contribution in [0.4, 0.5) is 16.0 Å². The summed E-state index contributed by atoms with van der Waals surface area (Å²) in [6.07, 6.45) is 1.56. The van der Waals surface area contributed by atoms with Gasteiger partial charge < -0.3 is 24.9 Å². The molecule has 3 N–H and O–H groups in total. The van der Waals surface area contributed by atoms with E-state index in [1.807, 2.05) is 17.9 Å². The van der Waals surface area contributed by atoms with Crippen LogP contribution in [0.1, 0.15) is 5.56 Å². The fraction of sp³-hybridized carbons (Fsp3) is 0.320. The molecule has 0 radical (unpaired) electrons. The Labute approximate surface area is 229 Å². The van der Waals surface area contributed by atoms with Gasteiger partial charge in [0.15, 0.2) is 23.7 Å². The average Bonchev–Trinajstić information content (AvgIpc) is 3.64. The highest BCUT2D eigenvalue weighted by Crippen LogP contribution is 2.28. The first kappa shape index (κ1) is 25.8. The minimum absolute atomic E-state index is 0.118. The summed E-state index contributed by atoms with van der Waals surface area (Å²) >= 11 is 1.05. The van der Waals surface area contributed by atoms with Crippen molar-refractivity contribution in [3.8, 4) is 17.3 Å². The lowest BCUT2D eigenvalue weighted by molar-refractivity contribution is -0.139. The summed E-state index contributed by atoms with van der Waals surface area (Å²) < 4.78 is 28.9. The molecule has 5 heterocycles. The first-order chi connectivity index (χ1) is 19.3. The zero-order chi connectivity index (χ0) is 28.0. The topological polar surface area (TPSA) is 157 Å². The highest BCUT2D eigenvalue weighted by atomic mass is 32.1. The van der Waals surface area contributed by atoms with E-state index in [1.165, 1.54) is 10.6 Å². The first-order valence-corrected chi connectivity index (χ1v) is 13.3. The van der Waals surface area contributed by atoms with Crippen molar-refractivity contribution in [3.05, 3.63) is 51.6 Å². The molecule has 0 bridgehead atoms. The van der Waals surface area contributed by atoms with Crippen molar-refractivity contribution in [1.29, 1.82) is 0 Å². The SMILES string of the molecule is Cc1ccoc1-c1nc2c3sc(=O)n(CCN4CCN(c5ccc(OCC(=O)O)cc5F)CC4)c3nc(N)n2n1. The second kappa shape index (κ2) is 10.2. The molecule has 0 saturated carbocycles. The van der Waals surface area contributed by atoms with Gasteiger partial charge in [-0.25, -0.2) is 14.2 Å². The number of hydrogen-bond acceptors (Lipinski definition) is 11. The maximum Gasteiger partial charge on any atom is 0.341 e. The molecule has 0 unspecified atom stereocenters. The quantitative estimate of drug-likeness (QED) is 0.282. The minimum atomic E-state index is -1.13. The Balaban J connectivity index is 1.14. The van der Waals surface area contributed by atoms with E-state index in [0.29, 0.717) is 72.5 Å². The van der Waals surface area contributed by atoms with E-state index in [-0.39, 0.29) is 16.6 Å². The summed E-state index contributed by atoms with van der Waals surface area (Å²) in [5.41, 5.74) is 8.42. The number of nitrogens with zero attached hydrogens (tertiary/aromatic N) is 7. The number of halogens is 1. The van der Waals surface area contributed by atoms with Gasteiger partial charge in [-0.05, 0) is 30.7 Å². The number of nitrogen functional groups attached to an aromatic ring is 1. The number of ether oxygens (including phenoxy) is 1. The number of piperazine rings is 1. The van der Waals surface area contributed by atoms with Crippen molar-refractivity contribution in [2.24, 2.45) is 0 Å². The highest BCUT2D eigenvalue weighted by molar-refractivity contribution is 7.17. The number of furan rings is 1. The van der Waals surface area contributed by atoms with Gasteiger partial charge in [-0.2, -0.15) is 9.50 Å². The Morgan fingerprint density at radius 2 is 1.98 bits per heavy atom. The molecule has 15 heteroatoms. The maximum absolute atomic E-state index is 14.7. The van der Waals surface area contributed by atoms with E-state index >= 15 is 0 Å². The highest BCUT2D eigenvalue weighted by Gasteiger charge is 2.23. The van der Waals surface area contributed by atoms with Crippen LogP contribution in [0.3, 0.4) is 0 Å². The number of thiazole rings is 1. The lowest BCUT2D eigenvalue weighted by Gasteiger charge is -2.36. The summed E-state index contributed by atoms with van der Waals surface area (Å²) in [7, 11) is 0. The summed E-state index contributed by atoms with van der Waals surface area (Å²) in [5.74, 6) is -0.412. The molecule has 5 aromatic rings. The molecule has 1 saturated heterocycles. The molecule has 1 aliphatic heterocycles. The van der Waals surface area contributed by atoms with Gasteiger partial charge in [0.25, 0.3) is 0 Å². The van der Waals surface area contributed by atoms with Gasteiger partial charge in [-0.15, -0.1) is 5.10 Å². The fourth-order valence-corrected chi connectivity index (χ4v) is 5.69. The van der Waals surface area contributed by atoms with Gasteiger partial charge in [0.1, 0.15) is 16.3 Å². The number of nitrogens with two attached hydrogens (primary N) is 1. The van der Waals surface area contributed by atoms with Crippen molar-refractivity contribution in [3.63, 3.8) is 0 Å². The largest absolute Gasteiger partial charge is 0.482 e. The Morgan fingerprint density at radius 3 is 2.67 bits per heavy atom. The number of hydrogen-bond donors (Lipinski definition) is 2. The van der Waals surface area contributed by atoms with Crippen molar-refractivity contribution in [2.75, 3.05) is 50.0 Å². The lowest BCUT2D eigenvalue weighted by atomic mass is 10.2. The average molecular weight is 569 g/mol. The van der Waals surface area contributed by atoms with Gasteiger partial charge in [0.2, 0.25) is 11.8 Å². The monoisotopic (exact) mass is 568 g/mol. The van der Waals surface area contributed by atoms with Crippen LogP contribution in [-0.2, 0) is 11.3 Å². The molecule has 1 aromatic carbocycles. The van der Waals surface area contributed by atoms with E-state index in [2.05, 4.69) is 20.0 Å². The van der Waals surface area contributed by atoms with Crippen LogP contribution < -0.4 is 20.2 Å². The smallest absolute Gasteiger partial charge is 0.341 e. The number of carboxylic acids is 1. The van der Waals surface area contributed by atoms with E-state index in [4.69, 9.17) is 20.0 Å². The molecule has 208 valence electrons. The zero-order valence-electron chi connectivity index (χ0n) is 21.4. The molecule has 0 amide bonds. The third kappa shape index (κ3) is 4.73. The van der Waals surface area contributed by atoms with Crippen LogP contribution in [0.25, 0.3) is 27.6 Å². The molecular weight excluding hydrogens is 543 g/mol. The van der Waals surface area contributed by atoms with Gasteiger partial charge >= 0.3 is 10.8 Å². The van der Waals surface area contributed by atoms with Crippen LogP contribution in [0, 0.1) is 12.7 Å². The molecule has 1 fully saturated rings. The predicted molar refractivity (Wildman–Crippen MR) is 145 cm³/mol. The number of fused-ring (bicyclic) bond motifs is 3. The molecule has 6 rings (SSSR count).